The maximum absolute atomic E-state index is 12.1. The largest absolute Gasteiger partial charge is 0.481 e. The van der Waals surface area contributed by atoms with E-state index in [1.807, 2.05) is 0 Å². The van der Waals surface area contributed by atoms with Crippen LogP contribution in [0.4, 0.5) is 0 Å². The minimum absolute atomic E-state index is 0.0167. The van der Waals surface area contributed by atoms with Gasteiger partial charge >= 0.3 is 5.97 Å². The van der Waals surface area contributed by atoms with E-state index >= 15 is 0 Å². The molecule has 20 heavy (non-hydrogen) atoms. The van der Waals surface area contributed by atoms with E-state index in [1.165, 1.54) is 0 Å². The third-order valence-electron chi connectivity index (χ3n) is 4.11. The zero-order valence-electron chi connectivity index (χ0n) is 11.9. The van der Waals surface area contributed by atoms with Crippen molar-refractivity contribution in [1.29, 1.82) is 0 Å². The zero-order chi connectivity index (χ0) is 14.6. The lowest BCUT2D eigenvalue weighted by molar-refractivity contribution is -0.142. The number of carbonyl (C=O) groups excluding carboxylic acids is 1. The van der Waals surface area contributed by atoms with Gasteiger partial charge < -0.3 is 19.9 Å². The van der Waals surface area contributed by atoms with Crippen LogP contribution in [0.5, 0.6) is 0 Å². The second kappa shape index (κ2) is 6.54. The van der Waals surface area contributed by atoms with Crippen LogP contribution in [-0.2, 0) is 19.1 Å². The summed E-state index contributed by atoms with van der Waals surface area (Å²) in [7, 11) is 0. The molecule has 1 heterocycles. The predicted molar refractivity (Wildman–Crippen MR) is 71.4 cm³/mol. The number of hydrogen-bond acceptors (Lipinski definition) is 4. The molecule has 0 radical (unpaired) electrons. The van der Waals surface area contributed by atoms with Crippen LogP contribution in [-0.4, -0.2) is 47.9 Å². The molecule has 2 N–H and O–H groups in total. The van der Waals surface area contributed by atoms with Crippen LogP contribution in [0.25, 0.3) is 0 Å². The summed E-state index contributed by atoms with van der Waals surface area (Å²) in [4.78, 5) is 22.9. The maximum atomic E-state index is 12.1. The molecule has 6 heteroatoms. The summed E-state index contributed by atoms with van der Waals surface area (Å²) < 4.78 is 11.0. The standard InChI is InChI=1S/C14H23NO5/c1-10(20-9-11-4-2-7-19-11)13(18)15-14(5-3-6-14)8-12(16)17/h10-11H,2-9H2,1H3,(H,15,18)(H,16,17). The first-order chi connectivity index (χ1) is 9.51. The fraction of sp³-hybridized carbons (Fsp3) is 0.857. The number of carbonyl (C=O) groups is 2. The highest BCUT2D eigenvalue weighted by molar-refractivity contribution is 5.82. The Hall–Kier alpha value is -1.14. The first-order valence-electron chi connectivity index (χ1n) is 7.28. The number of carboxylic acids is 1. The average Bonchev–Trinajstić information content (AvgIpc) is 2.85. The van der Waals surface area contributed by atoms with Crippen molar-refractivity contribution in [2.45, 2.75) is 63.2 Å². The van der Waals surface area contributed by atoms with E-state index in [-0.39, 0.29) is 18.4 Å². The van der Waals surface area contributed by atoms with Gasteiger partial charge in [-0.05, 0) is 39.0 Å². The Kier molecular flexibility index (Phi) is 4.99. The van der Waals surface area contributed by atoms with Gasteiger partial charge in [-0.3, -0.25) is 9.59 Å². The third-order valence-corrected chi connectivity index (χ3v) is 4.11. The molecule has 1 aliphatic heterocycles. The van der Waals surface area contributed by atoms with Crippen LogP contribution in [0.3, 0.4) is 0 Å². The first-order valence-corrected chi connectivity index (χ1v) is 7.28. The highest BCUT2D eigenvalue weighted by Gasteiger charge is 2.41. The Morgan fingerprint density at radius 3 is 2.70 bits per heavy atom. The van der Waals surface area contributed by atoms with Crippen molar-refractivity contribution in [2.24, 2.45) is 0 Å². The average molecular weight is 285 g/mol. The van der Waals surface area contributed by atoms with Crippen LogP contribution >= 0.6 is 0 Å². The molecular weight excluding hydrogens is 262 g/mol. The molecule has 114 valence electrons. The van der Waals surface area contributed by atoms with E-state index in [0.29, 0.717) is 6.61 Å². The van der Waals surface area contributed by atoms with Crippen molar-refractivity contribution in [1.82, 2.24) is 5.32 Å². The quantitative estimate of drug-likeness (QED) is 0.731. The van der Waals surface area contributed by atoms with Crippen molar-refractivity contribution in [3.8, 4) is 0 Å². The molecule has 2 atom stereocenters. The lowest BCUT2D eigenvalue weighted by atomic mass is 9.74. The molecule has 2 unspecified atom stereocenters. The molecule has 1 amide bonds. The van der Waals surface area contributed by atoms with Crippen LogP contribution in [0, 0.1) is 0 Å². The highest BCUT2D eigenvalue weighted by Crippen LogP contribution is 2.35. The van der Waals surface area contributed by atoms with E-state index < -0.39 is 17.6 Å². The summed E-state index contributed by atoms with van der Waals surface area (Å²) in [6, 6.07) is 0. The Morgan fingerprint density at radius 1 is 1.45 bits per heavy atom. The zero-order valence-corrected chi connectivity index (χ0v) is 11.9. The van der Waals surface area contributed by atoms with Gasteiger partial charge in [0.2, 0.25) is 5.91 Å². The number of hydrogen-bond donors (Lipinski definition) is 2. The Morgan fingerprint density at radius 2 is 2.20 bits per heavy atom. The summed E-state index contributed by atoms with van der Waals surface area (Å²) >= 11 is 0. The van der Waals surface area contributed by atoms with Crippen molar-refractivity contribution >= 4 is 11.9 Å². The second-order valence-corrected chi connectivity index (χ2v) is 5.80. The van der Waals surface area contributed by atoms with Gasteiger partial charge in [-0.1, -0.05) is 0 Å². The Labute approximate surface area is 118 Å². The summed E-state index contributed by atoms with van der Waals surface area (Å²) in [6.45, 7) is 2.87. The molecule has 0 aromatic heterocycles. The SMILES string of the molecule is CC(OCC1CCCO1)C(=O)NC1(CC(=O)O)CCC1. The lowest BCUT2D eigenvalue weighted by Gasteiger charge is -2.42. The Balaban J connectivity index is 1.76. The number of carboxylic acid groups (broad SMARTS) is 1. The maximum Gasteiger partial charge on any atom is 0.305 e. The molecule has 6 nitrogen and oxygen atoms in total. The molecule has 0 spiro atoms. The molecular formula is C14H23NO5. The topological polar surface area (TPSA) is 84.9 Å². The fourth-order valence-electron chi connectivity index (χ4n) is 2.71. The van der Waals surface area contributed by atoms with Crippen LogP contribution in [0.2, 0.25) is 0 Å². The van der Waals surface area contributed by atoms with Crippen molar-refractivity contribution < 1.29 is 24.2 Å². The third kappa shape index (κ3) is 3.93. The van der Waals surface area contributed by atoms with Gasteiger partial charge in [0.25, 0.3) is 0 Å². The number of ether oxygens (including phenoxy) is 2. The summed E-state index contributed by atoms with van der Waals surface area (Å²) in [5, 5.41) is 11.8. The van der Waals surface area contributed by atoms with Crippen LogP contribution in [0.15, 0.2) is 0 Å². The summed E-state index contributed by atoms with van der Waals surface area (Å²) in [5.41, 5.74) is -0.565. The highest BCUT2D eigenvalue weighted by atomic mass is 16.5. The van der Waals surface area contributed by atoms with Gasteiger partial charge in [0.15, 0.2) is 0 Å². The molecule has 2 aliphatic rings. The van der Waals surface area contributed by atoms with Gasteiger partial charge in [-0.25, -0.2) is 0 Å². The van der Waals surface area contributed by atoms with Crippen molar-refractivity contribution in [3.05, 3.63) is 0 Å². The van der Waals surface area contributed by atoms with Crippen molar-refractivity contribution in [3.63, 3.8) is 0 Å². The van der Waals surface area contributed by atoms with Gasteiger partial charge in [-0.15, -0.1) is 0 Å². The molecule has 0 aromatic rings. The second-order valence-electron chi connectivity index (χ2n) is 5.80. The molecule has 2 fully saturated rings. The van der Waals surface area contributed by atoms with E-state index in [1.54, 1.807) is 6.92 Å². The number of aliphatic carboxylic acids is 1. The predicted octanol–water partition coefficient (Wildman–Crippen LogP) is 1.08. The van der Waals surface area contributed by atoms with E-state index in [4.69, 9.17) is 14.6 Å². The van der Waals surface area contributed by atoms with Gasteiger partial charge in [-0.2, -0.15) is 0 Å². The summed E-state index contributed by atoms with van der Waals surface area (Å²) in [6.07, 6.45) is 3.91. The van der Waals surface area contributed by atoms with Gasteiger partial charge in [0, 0.05) is 6.61 Å². The number of nitrogens with one attached hydrogen (secondary N) is 1. The van der Waals surface area contributed by atoms with Crippen LogP contribution < -0.4 is 5.32 Å². The molecule has 1 saturated carbocycles. The lowest BCUT2D eigenvalue weighted by Crippen LogP contribution is -2.57. The van der Waals surface area contributed by atoms with Gasteiger partial charge in [0.05, 0.1) is 24.7 Å². The molecule has 2 rings (SSSR count). The molecule has 0 aromatic carbocycles. The monoisotopic (exact) mass is 285 g/mol. The van der Waals surface area contributed by atoms with E-state index in [2.05, 4.69) is 5.32 Å². The molecule has 1 saturated heterocycles. The first kappa shape index (κ1) is 15.3. The van der Waals surface area contributed by atoms with E-state index in [9.17, 15) is 9.59 Å². The minimum Gasteiger partial charge on any atom is -0.481 e. The molecule has 1 aliphatic carbocycles. The normalized spacial score (nSPS) is 25.8. The van der Waals surface area contributed by atoms with Crippen molar-refractivity contribution in [2.75, 3.05) is 13.2 Å². The fourth-order valence-corrected chi connectivity index (χ4v) is 2.71. The van der Waals surface area contributed by atoms with E-state index in [0.717, 1.165) is 38.7 Å². The summed E-state index contributed by atoms with van der Waals surface area (Å²) in [5.74, 6) is -1.11. The Bertz CT molecular complexity index is 361. The van der Waals surface area contributed by atoms with Crippen LogP contribution in [0.1, 0.15) is 45.4 Å². The minimum atomic E-state index is -0.877. The van der Waals surface area contributed by atoms with Gasteiger partial charge in [0.1, 0.15) is 6.10 Å². The number of amides is 1. The number of rotatable bonds is 7. The smallest absolute Gasteiger partial charge is 0.305 e. The molecule has 0 bridgehead atoms.